The number of anilines is 1. The van der Waals surface area contributed by atoms with E-state index in [1.807, 2.05) is 61.5 Å². The van der Waals surface area contributed by atoms with E-state index in [1.54, 1.807) is 24.3 Å². The lowest BCUT2D eigenvalue weighted by atomic mass is 10.1. The quantitative estimate of drug-likeness (QED) is 0.516. The SMILES string of the molecule is Cc1ccccc1CN(c1ccc(C(=O)NCCOc2ccccc2)cc1)S(C)(=O)=O. The first kappa shape index (κ1) is 22.4. The number of nitrogens with zero attached hydrogens (tertiary/aromatic N) is 1. The van der Waals surface area contributed by atoms with Crippen LogP contribution in [0.5, 0.6) is 5.75 Å². The monoisotopic (exact) mass is 438 g/mol. The molecule has 162 valence electrons. The van der Waals surface area contributed by atoms with Gasteiger partial charge < -0.3 is 10.1 Å². The molecule has 0 saturated carbocycles. The third-order valence-electron chi connectivity index (χ3n) is 4.79. The van der Waals surface area contributed by atoms with Gasteiger partial charge in [-0.25, -0.2) is 8.42 Å². The van der Waals surface area contributed by atoms with Crippen molar-refractivity contribution in [2.75, 3.05) is 23.7 Å². The van der Waals surface area contributed by atoms with E-state index in [0.29, 0.717) is 24.4 Å². The van der Waals surface area contributed by atoms with E-state index in [9.17, 15) is 13.2 Å². The van der Waals surface area contributed by atoms with Gasteiger partial charge in [-0.3, -0.25) is 9.10 Å². The molecule has 1 N–H and O–H groups in total. The van der Waals surface area contributed by atoms with E-state index >= 15 is 0 Å². The fourth-order valence-corrected chi connectivity index (χ4v) is 3.95. The summed E-state index contributed by atoms with van der Waals surface area (Å²) in [4.78, 5) is 12.4. The lowest BCUT2D eigenvalue weighted by Crippen LogP contribution is -2.30. The number of benzene rings is 3. The smallest absolute Gasteiger partial charge is 0.251 e. The van der Waals surface area contributed by atoms with Crippen LogP contribution in [0.3, 0.4) is 0 Å². The van der Waals surface area contributed by atoms with Crippen molar-refractivity contribution in [2.45, 2.75) is 13.5 Å². The molecule has 0 aliphatic heterocycles. The van der Waals surface area contributed by atoms with Gasteiger partial charge in [-0.1, -0.05) is 42.5 Å². The number of rotatable bonds is 9. The summed E-state index contributed by atoms with van der Waals surface area (Å²) in [5, 5.41) is 2.80. The molecule has 0 saturated heterocycles. The Morgan fingerprint density at radius 3 is 2.23 bits per heavy atom. The minimum absolute atomic E-state index is 0.230. The molecule has 3 rings (SSSR count). The standard InChI is InChI=1S/C24H26N2O4S/c1-19-8-6-7-9-21(19)18-26(31(2,28)29)22-14-12-20(13-15-22)24(27)25-16-17-30-23-10-4-3-5-11-23/h3-15H,16-18H2,1-2H3,(H,25,27). The minimum atomic E-state index is -3.49. The Morgan fingerprint density at radius 2 is 1.58 bits per heavy atom. The predicted octanol–water partition coefficient (Wildman–Crippen LogP) is 3.77. The van der Waals surface area contributed by atoms with Crippen LogP contribution in [-0.4, -0.2) is 33.7 Å². The first-order valence-corrected chi connectivity index (χ1v) is 11.8. The zero-order valence-electron chi connectivity index (χ0n) is 17.6. The van der Waals surface area contributed by atoms with Gasteiger partial charge in [-0.2, -0.15) is 0 Å². The summed E-state index contributed by atoms with van der Waals surface area (Å²) >= 11 is 0. The number of ether oxygens (including phenoxy) is 1. The van der Waals surface area contributed by atoms with Gasteiger partial charge in [-0.05, 0) is 54.4 Å². The maximum atomic E-state index is 12.4. The van der Waals surface area contributed by atoms with Crippen molar-refractivity contribution >= 4 is 21.6 Å². The Kier molecular flexibility index (Phi) is 7.31. The second-order valence-electron chi connectivity index (χ2n) is 7.16. The van der Waals surface area contributed by atoms with Crippen molar-refractivity contribution in [3.8, 4) is 5.75 Å². The lowest BCUT2D eigenvalue weighted by molar-refractivity contribution is 0.0947. The maximum Gasteiger partial charge on any atom is 0.251 e. The van der Waals surface area contributed by atoms with Crippen LogP contribution in [0.25, 0.3) is 0 Å². The maximum absolute atomic E-state index is 12.4. The molecule has 0 bridgehead atoms. The van der Waals surface area contributed by atoms with Crippen molar-refractivity contribution in [3.63, 3.8) is 0 Å². The number of amides is 1. The predicted molar refractivity (Wildman–Crippen MR) is 123 cm³/mol. The Balaban J connectivity index is 1.62. The molecular formula is C24H26N2O4S. The number of para-hydroxylation sites is 1. The third-order valence-corrected chi connectivity index (χ3v) is 5.93. The number of aryl methyl sites for hydroxylation is 1. The molecule has 0 unspecified atom stereocenters. The molecule has 0 atom stereocenters. The highest BCUT2D eigenvalue weighted by Crippen LogP contribution is 2.22. The van der Waals surface area contributed by atoms with E-state index in [2.05, 4.69) is 5.32 Å². The summed E-state index contributed by atoms with van der Waals surface area (Å²) in [6.07, 6.45) is 1.18. The van der Waals surface area contributed by atoms with Gasteiger partial charge in [0.05, 0.1) is 25.0 Å². The largest absolute Gasteiger partial charge is 0.492 e. The molecule has 0 fully saturated rings. The Bertz CT molecular complexity index is 1110. The number of nitrogens with one attached hydrogen (secondary N) is 1. The van der Waals surface area contributed by atoms with Gasteiger partial charge in [0.2, 0.25) is 10.0 Å². The minimum Gasteiger partial charge on any atom is -0.492 e. The molecule has 0 aliphatic carbocycles. The number of hydrogen-bond donors (Lipinski definition) is 1. The topological polar surface area (TPSA) is 75.7 Å². The summed E-state index contributed by atoms with van der Waals surface area (Å²) in [6.45, 7) is 2.89. The summed E-state index contributed by atoms with van der Waals surface area (Å²) in [5.41, 5.74) is 2.90. The Morgan fingerprint density at radius 1 is 0.935 bits per heavy atom. The molecule has 31 heavy (non-hydrogen) atoms. The van der Waals surface area contributed by atoms with Crippen LogP contribution < -0.4 is 14.4 Å². The first-order valence-electron chi connectivity index (χ1n) is 9.93. The highest BCUT2D eigenvalue weighted by molar-refractivity contribution is 7.92. The first-order chi connectivity index (χ1) is 14.8. The normalized spacial score (nSPS) is 11.0. The van der Waals surface area contributed by atoms with Gasteiger partial charge in [-0.15, -0.1) is 0 Å². The number of carbonyl (C=O) groups is 1. The van der Waals surface area contributed by atoms with Crippen LogP contribution in [-0.2, 0) is 16.6 Å². The molecule has 0 aliphatic rings. The van der Waals surface area contributed by atoms with Crippen LogP contribution in [0.15, 0.2) is 78.9 Å². The fraction of sp³-hybridized carbons (Fsp3) is 0.208. The van der Waals surface area contributed by atoms with Crippen LogP contribution in [0.2, 0.25) is 0 Å². The van der Waals surface area contributed by atoms with Crippen molar-refractivity contribution in [1.29, 1.82) is 0 Å². The van der Waals surface area contributed by atoms with Gasteiger partial charge in [0.15, 0.2) is 0 Å². The van der Waals surface area contributed by atoms with Gasteiger partial charge in [0, 0.05) is 5.56 Å². The molecule has 0 aromatic heterocycles. The number of hydrogen-bond acceptors (Lipinski definition) is 4. The highest BCUT2D eigenvalue weighted by Gasteiger charge is 2.19. The van der Waals surface area contributed by atoms with Crippen LogP contribution in [0, 0.1) is 6.92 Å². The molecular weight excluding hydrogens is 412 g/mol. The molecule has 6 nitrogen and oxygen atoms in total. The van der Waals surface area contributed by atoms with Crippen molar-refractivity contribution in [1.82, 2.24) is 5.32 Å². The van der Waals surface area contributed by atoms with Crippen molar-refractivity contribution < 1.29 is 17.9 Å². The molecule has 3 aromatic rings. The molecule has 0 heterocycles. The zero-order chi connectivity index (χ0) is 22.3. The van der Waals surface area contributed by atoms with E-state index in [1.165, 1.54) is 10.6 Å². The van der Waals surface area contributed by atoms with Crippen molar-refractivity contribution in [2.24, 2.45) is 0 Å². The van der Waals surface area contributed by atoms with E-state index in [0.717, 1.165) is 16.9 Å². The second-order valence-corrected chi connectivity index (χ2v) is 9.07. The van der Waals surface area contributed by atoms with Gasteiger partial charge >= 0.3 is 0 Å². The van der Waals surface area contributed by atoms with Gasteiger partial charge in [0.1, 0.15) is 12.4 Å². The van der Waals surface area contributed by atoms with E-state index in [4.69, 9.17) is 4.74 Å². The van der Waals surface area contributed by atoms with Crippen molar-refractivity contribution in [3.05, 3.63) is 95.6 Å². The Labute approximate surface area is 183 Å². The summed E-state index contributed by atoms with van der Waals surface area (Å²) in [5.74, 6) is 0.503. The summed E-state index contributed by atoms with van der Waals surface area (Å²) in [7, 11) is -3.49. The van der Waals surface area contributed by atoms with E-state index < -0.39 is 10.0 Å². The highest BCUT2D eigenvalue weighted by atomic mass is 32.2. The van der Waals surface area contributed by atoms with Crippen LogP contribution in [0.4, 0.5) is 5.69 Å². The average molecular weight is 439 g/mol. The summed E-state index contributed by atoms with van der Waals surface area (Å²) in [6, 6.07) is 23.6. The molecule has 7 heteroatoms. The van der Waals surface area contributed by atoms with E-state index in [-0.39, 0.29) is 12.5 Å². The summed E-state index contributed by atoms with van der Waals surface area (Å²) < 4.78 is 31.7. The second kappa shape index (κ2) is 10.1. The van der Waals surface area contributed by atoms with Crippen LogP contribution >= 0.6 is 0 Å². The molecule has 3 aromatic carbocycles. The third kappa shape index (κ3) is 6.33. The molecule has 0 radical (unpaired) electrons. The number of sulfonamides is 1. The lowest BCUT2D eigenvalue weighted by Gasteiger charge is -2.23. The fourth-order valence-electron chi connectivity index (χ4n) is 3.07. The zero-order valence-corrected chi connectivity index (χ0v) is 18.4. The Hall–Kier alpha value is -3.32. The molecule has 0 spiro atoms. The van der Waals surface area contributed by atoms with Gasteiger partial charge in [0.25, 0.3) is 5.91 Å². The van der Waals surface area contributed by atoms with Crippen LogP contribution in [0.1, 0.15) is 21.5 Å². The molecule has 1 amide bonds. The average Bonchev–Trinajstić information content (AvgIpc) is 2.76. The number of carbonyl (C=O) groups excluding carboxylic acids is 1.